The van der Waals surface area contributed by atoms with Crippen molar-refractivity contribution >= 4 is 0 Å². The van der Waals surface area contributed by atoms with Crippen LogP contribution in [0.25, 0.3) is 10.4 Å². The Balaban J connectivity index is 2.77. The lowest BCUT2D eigenvalue weighted by molar-refractivity contribution is -0.227. The molecular formula is C6H11N3O5. The van der Waals surface area contributed by atoms with Crippen LogP contribution in [0, 0.1) is 0 Å². The molecule has 0 unspecified atom stereocenters. The molecule has 0 saturated carbocycles. The fourth-order valence-corrected chi connectivity index (χ4v) is 1.23. The number of aliphatic hydroxyl groups excluding tert-OH is 4. The van der Waals surface area contributed by atoms with Gasteiger partial charge in [0.05, 0.1) is 6.61 Å². The van der Waals surface area contributed by atoms with Crippen molar-refractivity contribution in [2.24, 2.45) is 5.11 Å². The number of nitrogens with zero attached hydrogens (tertiary/aromatic N) is 3. The Morgan fingerprint density at radius 1 is 1.21 bits per heavy atom. The first kappa shape index (κ1) is 11.2. The first-order chi connectivity index (χ1) is 6.61. The Hall–Kier alpha value is -0.890. The topological polar surface area (TPSA) is 139 Å². The Morgan fingerprint density at radius 2 is 1.86 bits per heavy atom. The van der Waals surface area contributed by atoms with Gasteiger partial charge in [0.1, 0.15) is 24.4 Å². The van der Waals surface area contributed by atoms with Crippen LogP contribution in [0.1, 0.15) is 0 Å². The lowest BCUT2D eigenvalue weighted by Gasteiger charge is -2.37. The van der Waals surface area contributed by atoms with Gasteiger partial charge in [-0.2, -0.15) is 0 Å². The van der Waals surface area contributed by atoms with Gasteiger partial charge in [0.15, 0.2) is 6.23 Å². The van der Waals surface area contributed by atoms with Gasteiger partial charge in [0.2, 0.25) is 0 Å². The minimum atomic E-state index is -1.50. The molecule has 8 nitrogen and oxygen atoms in total. The van der Waals surface area contributed by atoms with Crippen LogP contribution in [0.3, 0.4) is 0 Å². The van der Waals surface area contributed by atoms with E-state index in [9.17, 15) is 15.3 Å². The van der Waals surface area contributed by atoms with E-state index in [0.717, 1.165) is 0 Å². The van der Waals surface area contributed by atoms with Crippen LogP contribution in [0.5, 0.6) is 0 Å². The summed E-state index contributed by atoms with van der Waals surface area (Å²) in [7, 11) is 0. The molecule has 0 bridgehead atoms. The smallest absolute Gasteiger partial charge is 0.165 e. The summed E-state index contributed by atoms with van der Waals surface area (Å²) in [5.41, 5.74) is 8.11. The zero-order chi connectivity index (χ0) is 10.7. The van der Waals surface area contributed by atoms with Crippen LogP contribution in [0.2, 0.25) is 0 Å². The van der Waals surface area contributed by atoms with Crippen molar-refractivity contribution in [2.75, 3.05) is 6.61 Å². The lowest BCUT2D eigenvalue weighted by Crippen LogP contribution is -2.57. The highest BCUT2D eigenvalue weighted by atomic mass is 16.6. The van der Waals surface area contributed by atoms with Gasteiger partial charge in [0, 0.05) is 4.91 Å². The summed E-state index contributed by atoms with van der Waals surface area (Å²) in [5.74, 6) is 0. The van der Waals surface area contributed by atoms with E-state index in [2.05, 4.69) is 10.0 Å². The Kier molecular flexibility index (Phi) is 3.64. The average Bonchev–Trinajstić information content (AvgIpc) is 2.19. The normalized spacial score (nSPS) is 43.0. The Labute approximate surface area is 79.0 Å². The summed E-state index contributed by atoms with van der Waals surface area (Å²) < 4.78 is 4.84. The second kappa shape index (κ2) is 4.56. The average molecular weight is 205 g/mol. The zero-order valence-corrected chi connectivity index (χ0v) is 7.13. The predicted octanol–water partition coefficient (Wildman–Crippen LogP) is -1.90. The van der Waals surface area contributed by atoms with E-state index in [-0.39, 0.29) is 0 Å². The number of rotatable bonds is 2. The maximum Gasteiger partial charge on any atom is 0.165 e. The molecule has 1 saturated heterocycles. The number of hydrogen-bond acceptors (Lipinski definition) is 6. The van der Waals surface area contributed by atoms with Crippen molar-refractivity contribution in [1.29, 1.82) is 0 Å². The SMILES string of the molecule is [N-]=[N+]=N[C@@H]1O[C@H](CO)[C@H](O)[C@@H](O)[C@@H]1O. The molecule has 8 heteroatoms. The van der Waals surface area contributed by atoms with E-state index in [4.69, 9.17) is 15.4 Å². The molecule has 0 aliphatic carbocycles. The third-order valence-electron chi connectivity index (χ3n) is 2.03. The van der Waals surface area contributed by atoms with Gasteiger partial charge in [0.25, 0.3) is 0 Å². The Bertz CT molecular complexity index is 242. The lowest BCUT2D eigenvalue weighted by atomic mass is 9.99. The number of azide groups is 1. The zero-order valence-electron chi connectivity index (χ0n) is 7.13. The fourth-order valence-electron chi connectivity index (χ4n) is 1.23. The maximum atomic E-state index is 9.27. The van der Waals surface area contributed by atoms with E-state index < -0.39 is 37.3 Å². The molecule has 1 rings (SSSR count). The molecule has 1 aliphatic heterocycles. The third-order valence-corrected chi connectivity index (χ3v) is 2.03. The number of aliphatic hydroxyl groups is 4. The van der Waals surface area contributed by atoms with Crippen molar-refractivity contribution in [3.63, 3.8) is 0 Å². The minimum absolute atomic E-state index is 0.539. The summed E-state index contributed by atoms with van der Waals surface area (Å²) >= 11 is 0. The van der Waals surface area contributed by atoms with Crippen molar-refractivity contribution in [2.45, 2.75) is 30.6 Å². The van der Waals surface area contributed by atoms with E-state index in [1.165, 1.54) is 0 Å². The van der Waals surface area contributed by atoms with Crippen molar-refractivity contribution < 1.29 is 25.2 Å². The van der Waals surface area contributed by atoms with Gasteiger partial charge < -0.3 is 25.2 Å². The minimum Gasteiger partial charge on any atom is -0.394 e. The molecule has 5 atom stereocenters. The molecule has 4 N–H and O–H groups in total. The molecular weight excluding hydrogens is 194 g/mol. The molecule has 0 aromatic heterocycles. The molecule has 1 heterocycles. The van der Waals surface area contributed by atoms with Crippen LogP contribution < -0.4 is 0 Å². The molecule has 1 fully saturated rings. The van der Waals surface area contributed by atoms with E-state index in [1.807, 2.05) is 0 Å². The monoisotopic (exact) mass is 205 g/mol. The van der Waals surface area contributed by atoms with E-state index in [0.29, 0.717) is 0 Å². The van der Waals surface area contributed by atoms with Gasteiger partial charge in [-0.3, -0.25) is 0 Å². The highest BCUT2D eigenvalue weighted by Gasteiger charge is 2.42. The molecule has 0 spiro atoms. The fraction of sp³-hybridized carbons (Fsp3) is 1.00. The van der Waals surface area contributed by atoms with Crippen LogP contribution in [-0.2, 0) is 4.74 Å². The largest absolute Gasteiger partial charge is 0.394 e. The van der Waals surface area contributed by atoms with E-state index >= 15 is 0 Å². The van der Waals surface area contributed by atoms with Crippen LogP contribution in [-0.4, -0.2) is 57.7 Å². The van der Waals surface area contributed by atoms with Gasteiger partial charge in [-0.25, -0.2) is 0 Å². The van der Waals surface area contributed by atoms with Crippen molar-refractivity contribution in [1.82, 2.24) is 0 Å². The summed E-state index contributed by atoms with van der Waals surface area (Å²) in [6.45, 7) is -0.539. The standard InChI is InChI=1S/C6H11N3O5/c7-9-8-6-5(13)4(12)3(11)2(1-10)14-6/h2-6,10-13H,1H2/t2-,3+,4-,5+,6-/m1/s1. The second-order valence-corrected chi connectivity index (χ2v) is 2.92. The molecule has 1 aliphatic rings. The van der Waals surface area contributed by atoms with Crippen molar-refractivity contribution in [3.8, 4) is 0 Å². The van der Waals surface area contributed by atoms with Gasteiger partial charge in [-0.15, -0.1) is 0 Å². The molecule has 0 aromatic carbocycles. The molecule has 0 amide bonds. The highest BCUT2D eigenvalue weighted by Crippen LogP contribution is 2.21. The van der Waals surface area contributed by atoms with Gasteiger partial charge in [-0.1, -0.05) is 5.11 Å². The van der Waals surface area contributed by atoms with Crippen LogP contribution >= 0.6 is 0 Å². The maximum absolute atomic E-state index is 9.27. The molecule has 14 heavy (non-hydrogen) atoms. The highest BCUT2D eigenvalue weighted by molar-refractivity contribution is 4.90. The summed E-state index contributed by atoms with van der Waals surface area (Å²) in [4.78, 5) is 2.40. The van der Waals surface area contributed by atoms with E-state index in [1.54, 1.807) is 0 Å². The third kappa shape index (κ3) is 1.95. The summed E-state index contributed by atoms with van der Waals surface area (Å²) in [6.07, 6.45) is -6.76. The molecule has 0 aromatic rings. The second-order valence-electron chi connectivity index (χ2n) is 2.92. The first-order valence-electron chi connectivity index (χ1n) is 3.96. The first-order valence-corrected chi connectivity index (χ1v) is 3.96. The number of ether oxygens (including phenoxy) is 1. The van der Waals surface area contributed by atoms with Gasteiger partial charge in [-0.05, 0) is 5.53 Å². The van der Waals surface area contributed by atoms with Crippen LogP contribution in [0.4, 0.5) is 0 Å². The Morgan fingerprint density at radius 3 is 2.36 bits per heavy atom. The quantitative estimate of drug-likeness (QED) is 0.237. The summed E-state index contributed by atoms with van der Waals surface area (Å²) in [5, 5.41) is 39.6. The van der Waals surface area contributed by atoms with Crippen LogP contribution in [0.15, 0.2) is 5.11 Å². The predicted molar refractivity (Wildman–Crippen MR) is 42.9 cm³/mol. The van der Waals surface area contributed by atoms with Gasteiger partial charge >= 0.3 is 0 Å². The summed E-state index contributed by atoms with van der Waals surface area (Å²) in [6, 6.07) is 0. The molecule has 0 radical (unpaired) electrons. The van der Waals surface area contributed by atoms with Crippen molar-refractivity contribution in [3.05, 3.63) is 10.4 Å². The number of hydrogen-bond donors (Lipinski definition) is 4. The molecule has 80 valence electrons.